The van der Waals surface area contributed by atoms with Gasteiger partial charge in [0, 0.05) is 5.56 Å². The van der Waals surface area contributed by atoms with Crippen molar-refractivity contribution < 1.29 is 8.42 Å². The Labute approximate surface area is 170 Å². The fourth-order valence-electron chi connectivity index (χ4n) is 3.06. The van der Waals surface area contributed by atoms with Gasteiger partial charge in [0.15, 0.2) is 0 Å². The van der Waals surface area contributed by atoms with Gasteiger partial charge in [0.1, 0.15) is 10.0 Å². The van der Waals surface area contributed by atoms with Crippen LogP contribution in [0.2, 0.25) is 0 Å². The first kappa shape index (κ1) is 17.4. The molecule has 0 aliphatic heterocycles. The molecule has 1 N–H and O–H groups in total. The summed E-state index contributed by atoms with van der Waals surface area (Å²) in [7, 11) is -3.70. The summed E-state index contributed by atoms with van der Waals surface area (Å²) < 4.78 is 29.8. The monoisotopic (exact) mass is 422 g/mol. The average molecular weight is 423 g/mol. The van der Waals surface area contributed by atoms with Gasteiger partial charge in [-0.05, 0) is 46.5 Å². The molecule has 5 aromatic rings. The van der Waals surface area contributed by atoms with E-state index in [2.05, 4.69) is 9.71 Å². The number of nitrogens with one attached hydrogen (secondary N) is 1. The molecule has 0 aliphatic carbocycles. The Morgan fingerprint density at radius 3 is 2.50 bits per heavy atom. The number of aromatic nitrogens is 1. The maximum absolute atomic E-state index is 13.0. The van der Waals surface area contributed by atoms with Crippen LogP contribution in [0.5, 0.6) is 0 Å². The van der Waals surface area contributed by atoms with Gasteiger partial charge in [-0.25, -0.2) is 13.4 Å². The zero-order chi connectivity index (χ0) is 19.1. The second-order valence-corrected chi connectivity index (χ2v) is 9.89. The van der Waals surface area contributed by atoms with E-state index in [4.69, 9.17) is 0 Å². The van der Waals surface area contributed by atoms with E-state index in [-0.39, 0.29) is 4.90 Å². The summed E-state index contributed by atoms with van der Waals surface area (Å²) in [6, 6.07) is 22.7. The third-order valence-corrected chi connectivity index (χ3v) is 7.82. The molecule has 2 aromatic heterocycles. The molecule has 7 heteroatoms. The number of thiophene rings is 1. The summed E-state index contributed by atoms with van der Waals surface area (Å²) in [4.78, 5) is 4.90. The smallest absolute Gasteiger partial charge is 0.262 e. The molecule has 28 heavy (non-hydrogen) atoms. The van der Waals surface area contributed by atoms with Crippen LogP contribution in [0.25, 0.3) is 31.6 Å². The Kier molecular flexibility index (Phi) is 4.16. The largest absolute Gasteiger partial charge is 0.270 e. The Morgan fingerprint density at radius 2 is 1.64 bits per heavy atom. The van der Waals surface area contributed by atoms with Gasteiger partial charge in [-0.1, -0.05) is 42.5 Å². The van der Waals surface area contributed by atoms with Crippen molar-refractivity contribution in [1.82, 2.24) is 4.98 Å². The topological polar surface area (TPSA) is 59.1 Å². The van der Waals surface area contributed by atoms with E-state index in [0.29, 0.717) is 5.00 Å². The molecule has 4 nitrogen and oxygen atoms in total. The highest BCUT2D eigenvalue weighted by molar-refractivity contribution is 7.93. The minimum atomic E-state index is -3.70. The SMILES string of the molecule is O=S(=O)(Nc1sccc1-c1nc2ccccc2s1)c1ccc2ccccc2c1. The van der Waals surface area contributed by atoms with Gasteiger partial charge >= 0.3 is 0 Å². The van der Waals surface area contributed by atoms with Crippen molar-refractivity contribution in [2.24, 2.45) is 0 Å². The van der Waals surface area contributed by atoms with Crippen LogP contribution in [0.4, 0.5) is 5.00 Å². The number of benzene rings is 3. The van der Waals surface area contributed by atoms with Crippen molar-refractivity contribution in [2.75, 3.05) is 4.72 Å². The van der Waals surface area contributed by atoms with Crippen molar-refractivity contribution in [3.8, 4) is 10.6 Å². The molecule has 0 amide bonds. The first-order valence-electron chi connectivity index (χ1n) is 8.55. The predicted molar refractivity (Wildman–Crippen MR) is 118 cm³/mol. The van der Waals surface area contributed by atoms with Crippen LogP contribution in [-0.4, -0.2) is 13.4 Å². The standard InChI is InChI=1S/C21H14N2O2S3/c24-28(25,16-10-9-14-5-1-2-6-15(14)13-16)23-21-17(11-12-26-21)20-22-18-7-3-4-8-19(18)27-20/h1-13,23H. The highest BCUT2D eigenvalue weighted by Gasteiger charge is 2.19. The molecule has 5 rings (SSSR count). The van der Waals surface area contributed by atoms with E-state index in [0.717, 1.165) is 31.6 Å². The number of hydrogen-bond donors (Lipinski definition) is 1. The van der Waals surface area contributed by atoms with Gasteiger partial charge < -0.3 is 0 Å². The molecule has 0 radical (unpaired) electrons. The summed E-state index contributed by atoms with van der Waals surface area (Å²) in [6.07, 6.45) is 0. The highest BCUT2D eigenvalue weighted by atomic mass is 32.2. The molecule has 0 bridgehead atoms. The van der Waals surface area contributed by atoms with Crippen molar-refractivity contribution >= 4 is 58.7 Å². The van der Waals surface area contributed by atoms with Crippen molar-refractivity contribution in [2.45, 2.75) is 4.90 Å². The fourth-order valence-corrected chi connectivity index (χ4v) is 6.28. The Morgan fingerprint density at radius 1 is 0.857 bits per heavy atom. The Hall–Kier alpha value is -2.74. The van der Waals surface area contributed by atoms with Crippen LogP contribution < -0.4 is 4.72 Å². The number of sulfonamides is 1. The number of thiazole rings is 1. The third-order valence-electron chi connectivity index (χ3n) is 4.45. The predicted octanol–water partition coefficient (Wildman–Crippen LogP) is 5.98. The minimum absolute atomic E-state index is 0.245. The van der Waals surface area contributed by atoms with E-state index in [1.165, 1.54) is 11.3 Å². The van der Waals surface area contributed by atoms with Crippen molar-refractivity contribution in [1.29, 1.82) is 0 Å². The second-order valence-electron chi connectivity index (χ2n) is 6.26. The normalized spacial score (nSPS) is 11.9. The van der Waals surface area contributed by atoms with Crippen LogP contribution in [0.15, 0.2) is 83.1 Å². The summed E-state index contributed by atoms with van der Waals surface area (Å²) in [5, 5.41) is 5.15. The van der Waals surface area contributed by atoms with Crippen molar-refractivity contribution in [3.05, 3.63) is 78.2 Å². The number of hydrogen-bond acceptors (Lipinski definition) is 5. The van der Waals surface area contributed by atoms with E-state index >= 15 is 0 Å². The lowest BCUT2D eigenvalue weighted by molar-refractivity contribution is 0.601. The van der Waals surface area contributed by atoms with Gasteiger partial charge in [0.2, 0.25) is 0 Å². The molecule has 0 saturated carbocycles. The molecule has 0 unspecified atom stereocenters. The van der Waals surface area contributed by atoms with Gasteiger partial charge in [0.05, 0.1) is 15.1 Å². The first-order chi connectivity index (χ1) is 13.6. The maximum Gasteiger partial charge on any atom is 0.262 e. The molecule has 0 atom stereocenters. The number of para-hydroxylation sites is 1. The van der Waals surface area contributed by atoms with E-state index < -0.39 is 10.0 Å². The van der Waals surface area contributed by atoms with Crippen LogP contribution in [-0.2, 0) is 10.0 Å². The molecule has 0 aliphatic rings. The maximum atomic E-state index is 13.0. The zero-order valence-corrected chi connectivity index (χ0v) is 16.9. The molecule has 0 fully saturated rings. The molecule has 0 spiro atoms. The van der Waals surface area contributed by atoms with Crippen LogP contribution >= 0.6 is 22.7 Å². The van der Waals surface area contributed by atoms with Crippen LogP contribution in [0.1, 0.15) is 0 Å². The fraction of sp³-hybridized carbons (Fsp3) is 0. The van der Waals surface area contributed by atoms with Gasteiger partial charge in [-0.2, -0.15) is 0 Å². The molecule has 138 valence electrons. The highest BCUT2D eigenvalue weighted by Crippen LogP contribution is 2.38. The molecular formula is C21H14N2O2S3. The third kappa shape index (κ3) is 3.07. The summed E-state index contributed by atoms with van der Waals surface area (Å²) in [5.41, 5.74) is 1.72. The quantitative estimate of drug-likeness (QED) is 0.388. The minimum Gasteiger partial charge on any atom is -0.270 e. The lowest BCUT2D eigenvalue weighted by Gasteiger charge is -2.09. The second kappa shape index (κ2) is 6.70. The van der Waals surface area contributed by atoms with Gasteiger partial charge in [-0.3, -0.25) is 4.72 Å². The number of fused-ring (bicyclic) bond motifs is 2. The van der Waals surface area contributed by atoms with E-state index in [9.17, 15) is 8.42 Å². The van der Waals surface area contributed by atoms with E-state index in [1.54, 1.807) is 23.5 Å². The lowest BCUT2D eigenvalue weighted by atomic mass is 10.1. The Bertz CT molecular complexity index is 1380. The van der Waals surface area contributed by atoms with Crippen molar-refractivity contribution in [3.63, 3.8) is 0 Å². The van der Waals surface area contributed by atoms with Crippen LogP contribution in [0, 0.1) is 0 Å². The summed E-state index contributed by atoms with van der Waals surface area (Å²) in [6.45, 7) is 0. The summed E-state index contributed by atoms with van der Waals surface area (Å²) in [5.74, 6) is 0. The number of nitrogens with zero attached hydrogens (tertiary/aromatic N) is 1. The first-order valence-corrected chi connectivity index (χ1v) is 11.7. The van der Waals surface area contributed by atoms with E-state index in [1.807, 2.05) is 66.0 Å². The molecule has 3 aromatic carbocycles. The zero-order valence-electron chi connectivity index (χ0n) is 14.5. The number of rotatable bonds is 4. The van der Waals surface area contributed by atoms with Gasteiger partial charge in [0.25, 0.3) is 10.0 Å². The number of anilines is 1. The molecular weight excluding hydrogens is 408 g/mol. The van der Waals surface area contributed by atoms with Gasteiger partial charge in [-0.15, -0.1) is 22.7 Å². The van der Waals surface area contributed by atoms with Crippen LogP contribution in [0.3, 0.4) is 0 Å². The molecule has 0 saturated heterocycles. The lowest BCUT2D eigenvalue weighted by Crippen LogP contribution is -2.12. The molecule has 2 heterocycles. The Balaban J connectivity index is 1.53. The summed E-state index contributed by atoms with van der Waals surface area (Å²) >= 11 is 2.91. The average Bonchev–Trinajstić information content (AvgIpc) is 3.33.